The Morgan fingerprint density at radius 1 is 1.19 bits per heavy atom. The Morgan fingerprint density at radius 2 is 2.00 bits per heavy atom. The molecule has 2 heterocycles. The summed E-state index contributed by atoms with van der Waals surface area (Å²) in [4.78, 5) is 9.08. The standard InChI is InChI=1S/C15H20N6/c1-4-9-21-13-8-6-5-7-12(13)18-14(21)10-16-15-17-11(2)19-20(15)3/h5-8H,4,9-10H2,1-3H3,(H,16,17,19). The monoisotopic (exact) mass is 284 g/mol. The molecule has 0 aliphatic carbocycles. The molecule has 0 spiro atoms. The molecule has 6 nitrogen and oxygen atoms in total. The molecule has 0 amide bonds. The molecule has 3 rings (SSSR count). The summed E-state index contributed by atoms with van der Waals surface area (Å²) in [5, 5.41) is 7.56. The van der Waals surface area contributed by atoms with Gasteiger partial charge in [-0.05, 0) is 25.5 Å². The summed E-state index contributed by atoms with van der Waals surface area (Å²) in [6.45, 7) is 5.67. The number of benzene rings is 1. The molecular weight excluding hydrogens is 264 g/mol. The second kappa shape index (κ2) is 5.55. The van der Waals surface area contributed by atoms with E-state index in [9.17, 15) is 0 Å². The molecule has 1 aromatic carbocycles. The number of para-hydroxylation sites is 2. The van der Waals surface area contributed by atoms with Crippen LogP contribution < -0.4 is 5.32 Å². The van der Waals surface area contributed by atoms with Crippen LogP contribution in [0.2, 0.25) is 0 Å². The first kappa shape index (κ1) is 13.6. The Kier molecular flexibility index (Phi) is 3.60. The van der Waals surface area contributed by atoms with Crippen LogP contribution in [-0.2, 0) is 20.1 Å². The number of hydrogen-bond donors (Lipinski definition) is 1. The zero-order chi connectivity index (χ0) is 14.8. The van der Waals surface area contributed by atoms with Crippen molar-refractivity contribution in [3.8, 4) is 0 Å². The highest BCUT2D eigenvalue weighted by Gasteiger charge is 2.11. The van der Waals surface area contributed by atoms with Crippen molar-refractivity contribution in [3.63, 3.8) is 0 Å². The number of anilines is 1. The lowest BCUT2D eigenvalue weighted by Gasteiger charge is -2.08. The van der Waals surface area contributed by atoms with Gasteiger partial charge in [0.25, 0.3) is 0 Å². The van der Waals surface area contributed by atoms with Gasteiger partial charge in [0, 0.05) is 13.6 Å². The van der Waals surface area contributed by atoms with Crippen LogP contribution in [0.25, 0.3) is 11.0 Å². The predicted molar refractivity (Wildman–Crippen MR) is 83.1 cm³/mol. The number of aromatic nitrogens is 5. The number of fused-ring (bicyclic) bond motifs is 1. The minimum absolute atomic E-state index is 0.640. The fourth-order valence-corrected chi connectivity index (χ4v) is 2.56. The Labute approximate surface area is 123 Å². The smallest absolute Gasteiger partial charge is 0.221 e. The maximum atomic E-state index is 4.73. The highest BCUT2D eigenvalue weighted by Crippen LogP contribution is 2.17. The number of imidazole rings is 1. The lowest BCUT2D eigenvalue weighted by Crippen LogP contribution is -2.11. The molecule has 0 saturated carbocycles. The van der Waals surface area contributed by atoms with Crippen molar-refractivity contribution in [2.45, 2.75) is 33.4 Å². The van der Waals surface area contributed by atoms with Gasteiger partial charge in [0.05, 0.1) is 17.6 Å². The number of hydrogen-bond acceptors (Lipinski definition) is 4. The van der Waals surface area contributed by atoms with Crippen LogP contribution >= 0.6 is 0 Å². The zero-order valence-electron chi connectivity index (χ0n) is 12.7. The van der Waals surface area contributed by atoms with E-state index in [0.29, 0.717) is 6.54 Å². The average Bonchev–Trinajstić information content (AvgIpc) is 2.97. The van der Waals surface area contributed by atoms with Crippen LogP contribution in [0.4, 0.5) is 5.95 Å². The third-order valence-electron chi connectivity index (χ3n) is 3.45. The van der Waals surface area contributed by atoms with E-state index in [1.165, 1.54) is 5.52 Å². The molecule has 110 valence electrons. The number of rotatable bonds is 5. The maximum absolute atomic E-state index is 4.73. The van der Waals surface area contributed by atoms with E-state index in [4.69, 9.17) is 4.98 Å². The second-order valence-electron chi connectivity index (χ2n) is 5.13. The SMILES string of the molecule is CCCn1c(CNc2nc(C)nn2C)nc2ccccc21. The van der Waals surface area contributed by atoms with E-state index in [2.05, 4.69) is 45.1 Å². The number of aryl methyl sites for hydroxylation is 3. The van der Waals surface area contributed by atoms with Gasteiger partial charge in [-0.3, -0.25) is 0 Å². The van der Waals surface area contributed by atoms with Gasteiger partial charge in [-0.2, -0.15) is 10.1 Å². The van der Waals surface area contributed by atoms with Crippen LogP contribution in [-0.4, -0.2) is 24.3 Å². The van der Waals surface area contributed by atoms with Crippen LogP contribution in [0, 0.1) is 6.92 Å². The Hall–Kier alpha value is -2.37. The molecule has 3 aromatic rings. The summed E-state index contributed by atoms with van der Waals surface area (Å²) < 4.78 is 4.02. The molecule has 21 heavy (non-hydrogen) atoms. The largest absolute Gasteiger partial charge is 0.347 e. The van der Waals surface area contributed by atoms with Crippen LogP contribution in [0.3, 0.4) is 0 Å². The quantitative estimate of drug-likeness (QED) is 0.782. The first-order chi connectivity index (χ1) is 10.2. The fourth-order valence-electron chi connectivity index (χ4n) is 2.56. The third-order valence-corrected chi connectivity index (χ3v) is 3.45. The predicted octanol–water partition coefficient (Wildman–Crippen LogP) is 2.50. The molecule has 0 bridgehead atoms. The second-order valence-corrected chi connectivity index (χ2v) is 5.13. The van der Waals surface area contributed by atoms with Gasteiger partial charge in [-0.1, -0.05) is 19.1 Å². The van der Waals surface area contributed by atoms with Gasteiger partial charge >= 0.3 is 0 Å². The maximum Gasteiger partial charge on any atom is 0.221 e. The van der Waals surface area contributed by atoms with Crippen LogP contribution in [0.1, 0.15) is 25.0 Å². The first-order valence-corrected chi connectivity index (χ1v) is 7.24. The number of nitrogens with one attached hydrogen (secondary N) is 1. The Balaban J connectivity index is 1.89. The van der Waals surface area contributed by atoms with Crippen LogP contribution in [0.15, 0.2) is 24.3 Å². The summed E-state index contributed by atoms with van der Waals surface area (Å²) >= 11 is 0. The minimum Gasteiger partial charge on any atom is -0.347 e. The molecular formula is C15H20N6. The topological polar surface area (TPSA) is 60.6 Å². The van der Waals surface area contributed by atoms with E-state index >= 15 is 0 Å². The van der Waals surface area contributed by atoms with Gasteiger partial charge in [0.15, 0.2) is 0 Å². The van der Waals surface area contributed by atoms with E-state index in [1.54, 1.807) is 4.68 Å². The summed E-state index contributed by atoms with van der Waals surface area (Å²) in [6.07, 6.45) is 1.08. The highest BCUT2D eigenvalue weighted by atomic mass is 15.4. The fraction of sp³-hybridized carbons (Fsp3) is 0.400. The van der Waals surface area contributed by atoms with Crippen molar-refractivity contribution in [1.29, 1.82) is 0 Å². The van der Waals surface area contributed by atoms with E-state index < -0.39 is 0 Å². The van der Waals surface area contributed by atoms with E-state index in [0.717, 1.165) is 36.1 Å². The zero-order valence-corrected chi connectivity index (χ0v) is 12.7. The van der Waals surface area contributed by atoms with Crippen molar-refractivity contribution in [3.05, 3.63) is 35.9 Å². The van der Waals surface area contributed by atoms with Gasteiger partial charge < -0.3 is 9.88 Å². The first-order valence-electron chi connectivity index (χ1n) is 7.24. The number of nitrogens with zero attached hydrogens (tertiary/aromatic N) is 5. The molecule has 0 fully saturated rings. The average molecular weight is 284 g/mol. The van der Waals surface area contributed by atoms with E-state index in [1.807, 2.05) is 20.0 Å². The molecule has 1 N–H and O–H groups in total. The molecule has 0 saturated heterocycles. The van der Waals surface area contributed by atoms with Crippen molar-refractivity contribution in [1.82, 2.24) is 24.3 Å². The van der Waals surface area contributed by atoms with Gasteiger partial charge in [0.1, 0.15) is 11.6 Å². The summed E-state index contributed by atoms with van der Waals surface area (Å²) in [7, 11) is 1.89. The molecule has 0 aliphatic rings. The molecule has 0 atom stereocenters. The highest BCUT2D eigenvalue weighted by molar-refractivity contribution is 5.75. The Morgan fingerprint density at radius 3 is 2.71 bits per heavy atom. The van der Waals surface area contributed by atoms with Crippen molar-refractivity contribution in [2.24, 2.45) is 7.05 Å². The van der Waals surface area contributed by atoms with Crippen molar-refractivity contribution < 1.29 is 0 Å². The lowest BCUT2D eigenvalue weighted by molar-refractivity contribution is 0.658. The molecule has 0 radical (unpaired) electrons. The third kappa shape index (κ3) is 2.61. The molecule has 2 aromatic heterocycles. The lowest BCUT2D eigenvalue weighted by atomic mass is 10.3. The summed E-state index contributed by atoms with van der Waals surface area (Å²) in [6, 6.07) is 8.25. The molecule has 6 heteroatoms. The molecule has 0 unspecified atom stereocenters. The summed E-state index contributed by atoms with van der Waals surface area (Å²) in [5.74, 6) is 2.56. The molecule has 0 aliphatic heterocycles. The van der Waals surface area contributed by atoms with Gasteiger partial charge in [-0.15, -0.1) is 0 Å². The van der Waals surface area contributed by atoms with Crippen molar-refractivity contribution in [2.75, 3.05) is 5.32 Å². The van der Waals surface area contributed by atoms with Gasteiger partial charge in [0.2, 0.25) is 5.95 Å². The van der Waals surface area contributed by atoms with Gasteiger partial charge in [-0.25, -0.2) is 9.67 Å². The summed E-state index contributed by atoms with van der Waals surface area (Å²) in [5.41, 5.74) is 2.22. The van der Waals surface area contributed by atoms with E-state index in [-0.39, 0.29) is 0 Å². The normalized spacial score (nSPS) is 11.2. The van der Waals surface area contributed by atoms with Crippen LogP contribution in [0.5, 0.6) is 0 Å². The van der Waals surface area contributed by atoms with Crippen molar-refractivity contribution >= 4 is 17.0 Å². The Bertz CT molecular complexity index is 755. The minimum atomic E-state index is 0.640.